The third-order valence-electron chi connectivity index (χ3n) is 4.62. The topological polar surface area (TPSA) is 61.2 Å². The van der Waals surface area contributed by atoms with Crippen LogP contribution in [0.25, 0.3) is 11.0 Å². The average molecular weight is 273 g/mol. The Morgan fingerprint density at radius 2 is 2.05 bits per heavy atom. The number of aromatic nitrogens is 2. The fourth-order valence-corrected chi connectivity index (χ4v) is 3.04. The zero-order chi connectivity index (χ0) is 14.3. The van der Waals surface area contributed by atoms with Crippen molar-refractivity contribution < 1.29 is 0 Å². The molecule has 108 valence electrons. The Labute approximate surface area is 119 Å². The Bertz CT molecular complexity index is 612. The molecule has 0 atom stereocenters. The fourth-order valence-electron chi connectivity index (χ4n) is 3.04. The number of aromatic amines is 1. The van der Waals surface area contributed by atoms with Crippen LogP contribution in [0, 0.1) is 0 Å². The molecule has 0 bridgehead atoms. The maximum absolute atomic E-state index is 5.81. The molecule has 1 aromatic carbocycles. The van der Waals surface area contributed by atoms with Gasteiger partial charge in [0.05, 0.1) is 11.0 Å². The first-order chi connectivity index (χ1) is 9.50. The summed E-state index contributed by atoms with van der Waals surface area (Å²) in [7, 11) is 6.45. The standard InChI is InChI=1S/C15H23N5/c1-19(2)15(7-4-8-15)10-20(3)14-17-12-6-5-11(16)9-13(12)18-14/h5-6,9H,4,7-8,10,16H2,1-3H3,(H,17,18). The maximum atomic E-state index is 5.81. The summed E-state index contributed by atoms with van der Waals surface area (Å²) in [5.74, 6) is 0.915. The van der Waals surface area contributed by atoms with Crippen molar-refractivity contribution >= 4 is 22.7 Å². The predicted octanol–water partition coefficient (Wildman–Crippen LogP) is 2.07. The van der Waals surface area contributed by atoms with Crippen molar-refractivity contribution in [2.45, 2.75) is 24.8 Å². The molecule has 3 rings (SSSR count). The van der Waals surface area contributed by atoms with Crippen LogP contribution in [0.5, 0.6) is 0 Å². The molecule has 1 saturated carbocycles. The summed E-state index contributed by atoms with van der Waals surface area (Å²) in [6.45, 7) is 0.995. The quantitative estimate of drug-likeness (QED) is 0.837. The predicted molar refractivity (Wildman–Crippen MR) is 84.0 cm³/mol. The number of benzene rings is 1. The third-order valence-corrected chi connectivity index (χ3v) is 4.62. The Balaban J connectivity index is 1.83. The monoisotopic (exact) mass is 273 g/mol. The van der Waals surface area contributed by atoms with Crippen LogP contribution in [0.3, 0.4) is 0 Å². The number of rotatable bonds is 4. The first-order valence-electron chi connectivity index (χ1n) is 7.14. The molecule has 20 heavy (non-hydrogen) atoms. The van der Waals surface area contributed by atoms with Crippen LogP contribution < -0.4 is 10.6 Å². The first-order valence-corrected chi connectivity index (χ1v) is 7.14. The van der Waals surface area contributed by atoms with E-state index >= 15 is 0 Å². The lowest BCUT2D eigenvalue weighted by Gasteiger charge is -2.49. The zero-order valence-electron chi connectivity index (χ0n) is 12.5. The molecule has 5 nitrogen and oxygen atoms in total. The summed E-state index contributed by atoms with van der Waals surface area (Å²) in [5.41, 5.74) is 8.84. The van der Waals surface area contributed by atoms with Crippen molar-refractivity contribution in [3.8, 4) is 0 Å². The van der Waals surface area contributed by atoms with Crippen LogP contribution in [0.1, 0.15) is 19.3 Å². The number of nitrogens with two attached hydrogens (primary N) is 1. The fraction of sp³-hybridized carbons (Fsp3) is 0.533. The smallest absolute Gasteiger partial charge is 0.203 e. The lowest BCUT2D eigenvalue weighted by Crippen LogP contribution is -2.56. The van der Waals surface area contributed by atoms with Crippen LogP contribution >= 0.6 is 0 Å². The molecule has 1 fully saturated rings. The number of likely N-dealkylation sites (N-methyl/N-ethyl adjacent to an activating group) is 2. The number of anilines is 2. The van der Waals surface area contributed by atoms with Crippen molar-refractivity contribution in [2.24, 2.45) is 0 Å². The summed E-state index contributed by atoms with van der Waals surface area (Å²) < 4.78 is 0. The zero-order valence-corrected chi connectivity index (χ0v) is 12.5. The largest absolute Gasteiger partial charge is 0.399 e. The summed E-state index contributed by atoms with van der Waals surface area (Å²) >= 11 is 0. The number of hydrogen-bond acceptors (Lipinski definition) is 4. The SMILES string of the molecule is CN(CC1(N(C)C)CCC1)c1nc2ccc(N)cc2[nH]1. The van der Waals surface area contributed by atoms with Gasteiger partial charge in [-0.2, -0.15) is 0 Å². The van der Waals surface area contributed by atoms with E-state index in [4.69, 9.17) is 5.73 Å². The van der Waals surface area contributed by atoms with Gasteiger partial charge in [-0.05, 0) is 51.6 Å². The molecule has 1 aliphatic rings. The van der Waals surface area contributed by atoms with Gasteiger partial charge in [-0.25, -0.2) is 4.98 Å². The number of nitrogens with one attached hydrogen (secondary N) is 1. The van der Waals surface area contributed by atoms with Gasteiger partial charge >= 0.3 is 0 Å². The highest BCUT2D eigenvalue weighted by molar-refractivity contribution is 5.80. The van der Waals surface area contributed by atoms with Gasteiger partial charge in [0.15, 0.2) is 0 Å². The molecule has 3 N–H and O–H groups in total. The molecule has 1 heterocycles. The van der Waals surface area contributed by atoms with E-state index in [9.17, 15) is 0 Å². The normalized spacial score (nSPS) is 17.4. The Morgan fingerprint density at radius 3 is 2.65 bits per heavy atom. The van der Waals surface area contributed by atoms with Crippen molar-refractivity contribution in [2.75, 3.05) is 38.3 Å². The molecule has 1 aromatic heterocycles. The molecule has 1 aliphatic carbocycles. The van der Waals surface area contributed by atoms with Gasteiger partial charge in [0, 0.05) is 24.8 Å². The minimum absolute atomic E-state index is 0.298. The number of H-pyrrole nitrogens is 1. The number of nitrogens with zero attached hydrogens (tertiary/aromatic N) is 3. The van der Waals surface area contributed by atoms with Gasteiger partial charge in [-0.15, -0.1) is 0 Å². The van der Waals surface area contributed by atoms with Gasteiger partial charge in [-0.1, -0.05) is 0 Å². The van der Waals surface area contributed by atoms with Gasteiger partial charge in [0.25, 0.3) is 0 Å². The second-order valence-electron chi connectivity index (χ2n) is 6.17. The van der Waals surface area contributed by atoms with Gasteiger partial charge in [-0.3, -0.25) is 0 Å². The summed E-state index contributed by atoms with van der Waals surface area (Å²) in [6.07, 6.45) is 3.84. The van der Waals surface area contributed by atoms with E-state index in [0.717, 1.165) is 29.2 Å². The highest BCUT2D eigenvalue weighted by atomic mass is 15.3. The number of imidazole rings is 1. The first kappa shape index (κ1) is 13.2. The molecule has 0 spiro atoms. The lowest BCUT2D eigenvalue weighted by atomic mass is 9.75. The minimum Gasteiger partial charge on any atom is -0.399 e. The highest BCUT2D eigenvalue weighted by Crippen LogP contribution is 2.37. The molecular formula is C15H23N5. The Hall–Kier alpha value is -1.75. The van der Waals surface area contributed by atoms with Crippen molar-refractivity contribution in [3.05, 3.63) is 18.2 Å². The van der Waals surface area contributed by atoms with E-state index in [1.54, 1.807) is 0 Å². The van der Waals surface area contributed by atoms with Crippen molar-refractivity contribution in [1.29, 1.82) is 0 Å². The van der Waals surface area contributed by atoms with E-state index in [1.807, 2.05) is 18.2 Å². The van der Waals surface area contributed by atoms with E-state index < -0.39 is 0 Å². The summed E-state index contributed by atoms with van der Waals surface area (Å²) in [4.78, 5) is 12.6. The van der Waals surface area contributed by atoms with E-state index in [1.165, 1.54) is 19.3 Å². The highest BCUT2D eigenvalue weighted by Gasteiger charge is 2.40. The maximum Gasteiger partial charge on any atom is 0.203 e. The van der Waals surface area contributed by atoms with Crippen LogP contribution in [0.2, 0.25) is 0 Å². The lowest BCUT2D eigenvalue weighted by molar-refractivity contribution is 0.0680. The van der Waals surface area contributed by atoms with Crippen LogP contribution in [0.15, 0.2) is 18.2 Å². The Morgan fingerprint density at radius 1 is 1.30 bits per heavy atom. The summed E-state index contributed by atoms with van der Waals surface area (Å²) in [5, 5.41) is 0. The van der Waals surface area contributed by atoms with Crippen molar-refractivity contribution in [1.82, 2.24) is 14.9 Å². The van der Waals surface area contributed by atoms with Gasteiger partial charge < -0.3 is 20.5 Å². The average Bonchev–Trinajstić information content (AvgIpc) is 2.75. The Kier molecular flexibility index (Phi) is 3.09. The minimum atomic E-state index is 0.298. The summed E-state index contributed by atoms with van der Waals surface area (Å²) in [6, 6.07) is 5.79. The van der Waals surface area contributed by atoms with Crippen LogP contribution in [-0.2, 0) is 0 Å². The second-order valence-corrected chi connectivity index (χ2v) is 6.17. The third kappa shape index (κ3) is 2.12. The molecule has 2 aromatic rings. The van der Waals surface area contributed by atoms with E-state index in [-0.39, 0.29) is 0 Å². The number of hydrogen-bond donors (Lipinski definition) is 2. The van der Waals surface area contributed by atoms with E-state index in [2.05, 4.69) is 40.9 Å². The molecule has 0 radical (unpaired) electrons. The number of nitrogen functional groups attached to an aromatic ring is 1. The van der Waals surface area contributed by atoms with Crippen LogP contribution in [-0.4, -0.2) is 48.1 Å². The van der Waals surface area contributed by atoms with Gasteiger partial charge in [0.1, 0.15) is 0 Å². The molecule has 0 amide bonds. The van der Waals surface area contributed by atoms with Crippen molar-refractivity contribution in [3.63, 3.8) is 0 Å². The van der Waals surface area contributed by atoms with Gasteiger partial charge in [0.2, 0.25) is 5.95 Å². The molecule has 0 saturated heterocycles. The molecular weight excluding hydrogens is 250 g/mol. The van der Waals surface area contributed by atoms with E-state index in [0.29, 0.717) is 5.54 Å². The second kappa shape index (κ2) is 4.66. The van der Waals surface area contributed by atoms with Crippen LogP contribution in [0.4, 0.5) is 11.6 Å². The molecule has 0 aliphatic heterocycles. The molecule has 5 heteroatoms. The molecule has 0 unspecified atom stereocenters. The number of fused-ring (bicyclic) bond motifs is 1.